The summed E-state index contributed by atoms with van der Waals surface area (Å²) < 4.78 is 47.3. The number of benzene rings is 1. The van der Waals surface area contributed by atoms with E-state index in [1.54, 1.807) is 43.7 Å². The van der Waals surface area contributed by atoms with Crippen molar-refractivity contribution in [2.45, 2.75) is 32.9 Å². The van der Waals surface area contributed by atoms with E-state index in [2.05, 4.69) is 14.7 Å². The smallest absolute Gasteiger partial charge is 0.422 e. The number of carbonyl (C=O) groups is 1. The first kappa shape index (κ1) is 22.4. The van der Waals surface area contributed by atoms with Crippen LogP contribution in [0.2, 0.25) is 0 Å². The average molecular weight is 448 g/mol. The fourth-order valence-corrected chi connectivity index (χ4v) is 3.47. The van der Waals surface area contributed by atoms with Crippen LogP contribution < -0.4 is 15.0 Å². The number of halogens is 1. The zero-order valence-corrected chi connectivity index (χ0v) is 17.8. The van der Waals surface area contributed by atoms with Crippen LogP contribution in [0.5, 0.6) is 0 Å². The number of nitrogens with zero attached hydrogens (tertiary/aromatic N) is 1. The number of H-pyrrole nitrogens is 1. The standard InChI is InChI=1S/C20H21FN4O5S/c1-20(2,3)30-19(27)25-31(28,29)23-11-13-5-4-12(10-16(13)21)14-8-9-22-18-15(14)6-7-17(26)24-18/h4-10,23H,11H2,1-3H3,(H,25,27)(H,22,24,26). The maximum Gasteiger partial charge on any atom is 0.422 e. The molecule has 2 heterocycles. The van der Waals surface area contributed by atoms with Crippen LogP contribution in [0.1, 0.15) is 26.3 Å². The van der Waals surface area contributed by atoms with E-state index < -0.39 is 27.7 Å². The van der Waals surface area contributed by atoms with E-state index in [0.717, 1.165) is 0 Å². The molecular weight excluding hydrogens is 427 g/mol. The van der Waals surface area contributed by atoms with Gasteiger partial charge in [-0.25, -0.2) is 18.9 Å². The van der Waals surface area contributed by atoms with E-state index in [9.17, 15) is 22.4 Å². The van der Waals surface area contributed by atoms with Gasteiger partial charge >= 0.3 is 16.3 Å². The van der Waals surface area contributed by atoms with Crippen molar-refractivity contribution in [3.05, 3.63) is 64.3 Å². The fraction of sp³-hybridized carbons (Fsp3) is 0.250. The first-order valence-corrected chi connectivity index (χ1v) is 10.7. The molecule has 0 atom stereocenters. The molecule has 3 N–H and O–H groups in total. The van der Waals surface area contributed by atoms with Crippen molar-refractivity contribution >= 4 is 27.3 Å². The Morgan fingerprint density at radius 3 is 2.61 bits per heavy atom. The predicted octanol–water partition coefficient (Wildman–Crippen LogP) is 2.59. The Hall–Kier alpha value is -3.31. The number of aromatic nitrogens is 2. The number of fused-ring (bicyclic) bond motifs is 1. The van der Waals surface area contributed by atoms with E-state index in [1.807, 2.05) is 0 Å². The lowest BCUT2D eigenvalue weighted by Crippen LogP contribution is -2.42. The summed E-state index contributed by atoms with van der Waals surface area (Å²) in [6.07, 6.45) is 0.356. The van der Waals surface area contributed by atoms with Gasteiger partial charge in [-0.1, -0.05) is 12.1 Å². The maximum atomic E-state index is 14.6. The Kier molecular flexibility index (Phi) is 6.09. The molecule has 1 aromatic carbocycles. The first-order valence-electron chi connectivity index (χ1n) is 9.21. The van der Waals surface area contributed by atoms with Crippen LogP contribution >= 0.6 is 0 Å². The summed E-state index contributed by atoms with van der Waals surface area (Å²) in [5, 5.41) is 0.636. The Morgan fingerprint density at radius 2 is 1.94 bits per heavy atom. The summed E-state index contributed by atoms with van der Waals surface area (Å²) in [4.78, 5) is 29.8. The molecule has 3 aromatic rings. The maximum absolute atomic E-state index is 14.6. The molecule has 1 amide bonds. The topological polar surface area (TPSA) is 130 Å². The number of hydrogen-bond donors (Lipinski definition) is 3. The minimum Gasteiger partial charge on any atom is -0.443 e. The number of nitrogens with one attached hydrogen (secondary N) is 3. The first-order chi connectivity index (χ1) is 14.4. The van der Waals surface area contributed by atoms with Gasteiger partial charge in [-0.2, -0.15) is 13.1 Å². The lowest BCUT2D eigenvalue weighted by molar-refractivity contribution is 0.0569. The SMILES string of the molecule is CC(C)(C)OC(=O)NS(=O)(=O)NCc1ccc(-c2ccnc3[nH]c(=O)ccc23)cc1F. The third kappa shape index (κ3) is 5.86. The molecule has 0 radical (unpaired) electrons. The second-order valence-electron chi connectivity index (χ2n) is 7.68. The Labute approximate surface area is 177 Å². The lowest BCUT2D eigenvalue weighted by Gasteiger charge is -2.19. The van der Waals surface area contributed by atoms with Gasteiger partial charge in [0.15, 0.2) is 0 Å². The minimum atomic E-state index is -4.25. The van der Waals surface area contributed by atoms with Gasteiger partial charge in [-0.15, -0.1) is 0 Å². The molecule has 164 valence electrons. The molecule has 0 fully saturated rings. The molecule has 0 saturated carbocycles. The van der Waals surface area contributed by atoms with Gasteiger partial charge in [0.1, 0.15) is 17.1 Å². The number of carbonyl (C=O) groups excluding carboxylic acids is 1. The second-order valence-corrected chi connectivity index (χ2v) is 9.18. The number of aromatic amines is 1. The third-order valence-corrected chi connectivity index (χ3v) is 5.03. The third-order valence-electron chi connectivity index (χ3n) is 4.07. The summed E-state index contributed by atoms with van der Waals surface area (Å²) in [6.45, 7) is 4.39. The number of amides is 1. The van der Waals surface area contributed by atoms with E-state index in [0.29, 0.717) is 22.2 Å². The van der Waals surface area contributed by atoms with Crippen LogP contribution in [0.4, 0.5) is 9.18 Å². The highest BCUT2D eigenvalue weighted by Gasteiger charge is 2.21. The van der Waals surface area contributed by atoms with Crippen LogP contribution in [0.25, 0.3) is 22.2 Å². The van der Waals surface area contributed by atoms with Gasteiger partial charge in [-0.3, -0.25) is 4.79 Å². The van der Waals surface area contributed by atoms with Crippen LogP contribution in [-0.4, -0.2) is 30.1 Å². The van der Waals surface area contributed by atoms with Gasteiger partial charge in [-0.05, 0) is 50.1 Å². The van der Waals surface area contributed by atoms with Gasteiger partial charge in [0.05, 0.1) is 0 Å². The van der Waals surface area contributed by atoms with Gasteiger partial charge in [0, 0.05) is 29.8 Å². The molecule has 11 heteroatoms. The molecule has 0 aliphatic rings. The summed E-state index contributed by atoms with van der Waals surface area (Å²) in [6, 6.07) is 8.93. The molecule has 0 aliphatic carbocycles. The number of rotatable bonds is 5. The Bertz CT molecular complexity index is 1300. The zero-order valence-electron chi connectivity index (χ0n) is 17.0. The summed E-state index contributed by atoms with van der Waals surface area (Å²) >= 11 is 0. The molecular formula is C20H21FN4O5S. The van der Waals surface area contributed by atoms with Crippen molar-refractivity contribution < 1.29 is 22.3 Å². The molecule has 9 nitrogen and oxygen atoms in total. The molecule has 0 unspecified atom stereocenters. The molecule has 0 spiro atoms. The van der Waals surface area contributed by atoms with Crippen LogP contribution in [0.15, 0.2) is 47.4 Å². The van der Waals surface area contributed by atoms with Gasteiger partial charge in [0.2, 0.25) is 5.56 Å². The second kappa shape index (κ2) is 8.44. The summed E-state index contributed by atoms with van der Waals surface area (Å²) in [7, 11) is -4.25. The molecule has 31 heavy (non-hydrogen) atoms. The fourth-order valence-electron chi connectivity index (χ4n) is 2.79. The molecule has 0 aliphatic heterocycles. The Morgan fingerprint density at radius 1 is 1.19 bits per heavy atom. The van der Waals surface area contributed by atoms with Crippen molar-refractivity contribution in [3.8, 4) is 11.1 Å². The van der Waals surface area contributed by atoms with Crippen LogP contribution in [0, 0.1) is 5.82 Å². The quantitative estimate of drug-likeness (QED) is 0.550. The van der Waals surface area contributed by atoms with Crippen molar-refractivity contribution in [3.63, 3.8) is 0 Å². The van der Waals surface area contributed by atoms with Gasteiger partial charge in [0.25, 0.3) is 0 Å². The van der Waals surface area contributed by atoms with Crippen molar-refractivity contribution in [2.24, 2.45) is 0 Å². The summed E-state index contributed by atoms with van der Waals surface area (Å²) in [5.41, 5.74) is 0.451. The molecule has 2 aromatic heterocycles. The van der Waals surface area contributed by atoms with E-state index in [4.69, 9.17) is 4.74 Å². The van der Waals surface area contributed by atoms with Crippen molar-refractivity contribution in [1.82, 2.24) is 19.4 Å². The average Bonchev–Trinajstić information content (AvgIpc) is 2.64. The molecule has 0 saturated heterocycles. The van der Waals surface area contributed by atoms with Crippen LogP contribution in [-0.2, 0) is 21.5 Å². The normalized spacial score (nSPS) is 12.0. The van der Waals surface area contributed by atoms with Crippen molar-refractivity contribution in [2.75, 3.05) is 0 Å². The highest BCUT2D eigenvalue weighted by atomic mass is 32.2. The highest BCUT2D eigenvalue weighted by molar-refractivity contribution is 7.88. The monoisotopic (exact) mass is 448 g/mol. The van der Waals surface area contributed by atoms with E-state index in [-0.39, 0.29) is 17.7 Å². The Balaban J connectivity index is 1.76. The highest BCUT2D eigenvalue weighted by Crippen LogP contribution is 2.27. The van der Waals surface area contributed by atoms with E-state index in [1.165, 1.54) is 24.4 Å². The molecule has 0 bridgehead atoms. The van der Waals surface area contributed by atoms with Crippen LogP contribution in [0.3, 0.4) is 0 Å². The lowest BCUT2D eigenvalue weighted by atomic mass is 10.0. The predicted molar refractivity (Wildman–Crippen MR) is 113 cm³/mol. The summed E-state index contributed by atoms with van der Waals surface area (Å²) in [5.74, 6) is -0.646. The number of hydrogen-bond acceptors (Lipinski definition) is 6. The van der Waals surface area contributed by atoms with Gasteiger partial charge < -0.3 is 9.72 Å². The largest absolute Gasteiger partial charge is 0.443 e. The molecule has 3 rings (SSSR count). The number of pyridine rings is 2. The minimum absolute atomic E-state index is 0.0742. The number of ether oxygens (including phenoxy) is 1. The van der Waals surface area contributed by atoms with E-state index >= 15 is 0 Å². The zero-order chi connectivity index (χ0) is 22.8. The van der Waals surface area contributed by atoms with Crippen molar-refractivity contribution in [1.29, 1.82) is 0 Å².